The molecule has 0 bridgehead atoms. The standard InChI is InChI=1S/C18H13ClN4O3/c19-12-4-6-15(17-11(12)2-1-7-20-17)26-9-16(24)21-10-3-5-13-14(8-10)23-18(25)22-13/h1-8H,9H2,(H,21,24)(H2,22,23,25). The van der Waals surface area contributed by atoms with Crippen molar-refractivity contribution in [2.45, 2.75) is 0 Å². The Morgan fingerprint density at radius 3 is 2.88 bits per heavy atom. The van der Waals surface area contributed by atoms with E-state index in [4.69, 9.17) is 16.3 Å². The van der Waals surface area contributed by atoms with Crippen LogP contribution < -0.4 is 15.7 Å². The average Bonchev–Trinajstić information content (AvgIpc) is 3.01. The molecule has 0 unspecified atom stereocenters. The summed E-state index contributed by atoms with van der Waals surface area (Å²) in [7, 11) is 0. The fourth-order valence-electron chi connectivity index (χ4n) is 2.68. The van der Waals surface area contributed by atoms with Gasteiger partial charge in [0.25, 0.3) is 5.91 Å². The van der Waals surface area contributed by atoms with Gasteiger partial charge >= 0.3 is 5.69 Å². The maximum atomic E-state index is 12.2. The topological polar surface area (TPSA) is 99.9 Å². The predicted octanol–water partition coefficient (Wildman–Crippen LogP) is 3.08. The third-order valence-corrected chi connectivity index (χ3v) is 4.17. The van der Waals surface area contributed by atoms with Gasteiger partial charge in [0, 0.05) is 17.3 Å². The number of aromatic amines is 2. The van der Waals surface area contributed by atoms with E-state index in [1.807, 2.05) is 6.07 Å². The van der Waals surface area contributed by atoms with Crippen molar-refractivity contribution in [2.75, 3.05) is 11.9 Å². The number of rotatable bonds is 4. The lowest BCUT2D eigenvalue weighted by Gasteiger charge is -2.10. The van der Waals surface area contributed by atoms with Crippen molar-refractivity contribution >= 4 is 45.1 Å². The number of halogens is 1. The highest BCUT2D eigenvalue weighted by Gasteiger charge is 2.10. The zero-order chi connectivity index (χ0) is 18.1. The molecule has 130 valence electrons. The van der Waals surface area contributed by atoms with Crippen LogP contribution >= 0.6 is 11.6 Å². The second kappa shape index (κ2) is 6.53. The molecular weight excluding hydrogens is 356 g/mol. The van der Waals surface area contributed by atoms with Crippen molar-refractivity contribution in [2.24, 2.45) is 0 Å². The van der Waals surface area contributed by atoms with Gasteiger partial charge in [-0.2, -0.15) is 0 Å². The lowest BCUT2D eigenvalue weighted by atomic mass is 10.2. The molecule has 0 radical (unpaired) electrons. The maximum Gasteiger partial charge on any atom is 0.323 e. The zero-order valence-electron chi connectivity index (χ0n) is 13.4. The van der Waals surface area contributed by atoms with Crippen molar-refractivity contribution < 1.29 is 9.53 Å². The molecule has 2 aromatic carbocycles. The summed E-state index contributed by atoms with van der Waals surface area (Å²) in [5.74, 6) is 0.145. The van der Waals surface area contributed by atoms with E-state index in [1.165, 1.54) is 0 Å². The molecule has 0 fully saturated rings. The first kappa shape index (κ1) is 16.2. The number of anilines is 1. The highest BCUT2D eigenvalue weighted by Crippen LogP contribution is 2.29. The first-order valence-electron chi connectivity index (χ1n) is 7.78. The highest BCUT2D eigenvalue weighted by atomic mass is 35.5. The third-order valence-electron chi connectivity index (χ3n) is 3.84. The molecule has 0 spiro atoms. The van der Waals surface area contributed by atoms with E-state index in [9.17, 15) is 9.59 Å². The average molecular weight is 369 g/mol. The summed E-state index contributed by atoms with van der Waals surface area (Å²) in [4.78, 5) is 33.0. The molecule has 7 nitrogen and oxygen atoms in total. The zero-order valence-corrected chi connectivity index (χ0v) is 14.1. The molecule has 0 aliphatic rings. The number of fused-ring (bicyclic) bond motifs is 2. The molecule has 3 N–H and O–H groups in total. The summed E-state index contributed by atoms with van der Waals surface area (Å²) in [6, 6.07) is 12.1. The molecule has 2 heterocycles. The smallest absolute Gasteiger partial charge is 0.323 e. The Morgan fingerprint density at radius 2 is 2.00 bits per heavy atom. The number of hydrogen-bond acceptors (Lipinski definition) is 4. The summed E-state index contributed by atoms with van der Waals surface area (Å²) in [5, 5.41) is 4.05. The fraction of sp³-hybridized carbons (Fsp3) is 0.0556. The number of carbonyl (C=O) groups excluding carboxylic acids is 1. The molecule has 2 aromatic heterocycles. The van der Waals surface area contributed by atoms with E-state index >= 15 is 0 Å². The Morgan fingerprint density at radius 1 is 1.15 bits per heavy atom. The third kappa shape index (κ3) is 3.12. The van der Waals surface area contributed by atoms with E-state index in [-0.39, 0.29) is 18.2 Å². The number of hydrogen-bond donors (Lipinski definition) is 3. The van der Waals surface area contributed by atoms with Crippen LogP contribution in [0.5, 0.6) is 5.75 Å². The van der Waals surface area contributed by atoms with E-state index < -0.39 is 0 Å². The normalized spacial score (nSPS) is 11.0. The van der Waals surface area contributed by atoms with Crippen molar-refractivity contribution in [3.05, 3.63) is 64.2 Å². The van der Waals surface area contributed by atoms with Crippen molar-refractivity contribution in [1.29, 1.82) is 0 Å². The highest BCUT2D eigenvalue weighted by molar-refractivity contribution is 6.35. The molecule has 0 aliphatic heterocycles. The van der Waals surface area contributed by atoms with Gasteiger partial charge in [0.2, 0.25) is 0 Å². The number of H-pyrrole nitrogens is 2. The fourth-order valence-corrected chi connectivity index (χ4v) is 2.89. The number of nitrogens with zero attached hydrogens (tertiary/aromatic N) is 1. The van der Waals surface area contributed by atoms with Gasteiger partial charge in [0.05, 0.1) is 16.1 Å². The van der Waals surface area contributed by atoms with Crippen LogP contribution in [0.25, 0.3) is 21.9 Å². The van der Waals surface area contributed by atoms with Crippen LogP contribution in [0.1, 0.15) is 0 Å². The summed E-state index contributed by atoms with van der Waals surface area (Å²) >= 11 is 6.15. The second-order valence-electron chi connectivity index (χ2n) is 5.62. The summed E-state index contributed by atoms with van der Waals surface area (Å²) in [5.41, 5.74) is 2.14. The van der Waals surface area contributed by atoms with E-state index in [0.717, 1.165) is 5.39 Å². The maximum absolute atomic E-state index is 12.2. The van der Waals surface area contributed by atoms with Gasteiger partial charge < -0.3 is 20.0 Å². The number of ether oxygens (including phenoxy) is 1. The van der Waals surface area contributed by atoms with Crippen molar-refractivity contribution in [1.82, 2.24) is 15.0 Å². The van der Waals surface area contributed by atoms with Crippen LogP contribution in [0, 0.1) is 0 Å². The number of imidazole rings is 1. The van der Waals surface area contributed by atoms with Gasteiger partial charge in [0.1, 0.15) is 11.3 Å². The number of nitrogens with one attached hydrogen (secondary N) is 3. The minimum Gasteiger partial charge on any atom is -0.481 e. The van der Waals surface area contributed by atoms with Crippen molar-refractivity contribution in [3.8, 4) is 5.75 Å². The molecule has 0 atom stereocenters. The number of benzene rings is 2. The summed E-state index contributed by atoms with van der Waals surface area (Å²) in [6.45, 7) is -0.186. The van der Waals surface area contributed by atoms with E-state index in [2.05, 4.69) is 20.3 Å². The van der Waals surface area contributed by atoms with Crippen LogP contribution in [-0.2, 0) is 4.79 Å². The molecule has 0 saturated heterocycles. The second-order valence-corrected chi connectivity index (χ2v) is 6.03. The van der Waals surface area contributed by atoms with Crippen LogP contribution in [0.3, 0.4) is 0 Å². The minimum atomic E-state index is -0.332. The van der Waals surface area contributed by atoms with Crippen LogP contribution in [-0.4, -0.2) is 27.5 Å². The molecule has 8 heteroatoms. The number of carbonyl (C=O) groups is 1. The summed E-state index contributed by atoms with van der Waals surface area (Å²) < 4.78 is 5.60. The van der Waals surface area contributed by atoms with Gasteiger partial charge in [-0.1, -0.05) is 11.6 Å². The summed E-state index contributed by atoms with van der Waals surface area (Å²) in [6.07, 6.45) is 1.64. The number of aromatic nitrogens is 3. The first-order chi connectivity index (χ1) is 12.6. The number of pyridine rings is 1. The van der Waals surface area contributed by atoms with E-state index in [1.54, 1.807) is 42.6 Å². The van der Waals surface area contributed by atoms with Crippen molar-refractivity contribution in [3.63, 3.8) is 0 Å². The molecule has 1 amide bonds. The molecule has 0 saturated carbocycles. The quantitative estimate of drug-likeness (QED) is 0.515. The largest absolute Gasteiger partial charge is 0.481 e. The predicted molar refractivity (Wildman–Crippen MR) is 99.8 cm³/mol. The molecule has 4 aromatic rings. The Kier molecular flexibility index (Phi) is 4.06. The van der Waals surface area contributed by atoms with E-state index in [0.29, 0.717) is 33.0 Å². The van der Waals surface area contributed by atoms with Gasteiger partial charge in [-0.25, -0.2) is 4.79 Å². The number of amides is 1. The Hall–Kier alpha value is -3.32. The monoisotopic (exact) mass is 368 g/mol. The molecular formula is C18H13ClN4O3. The Balaban J connectivity index is 1.48. The van der Waals surface area contributed by atoms with Gasteiger partial charge in [-0.15, -0.1) is 0 Å². The SMILES string of the molecule is O=C(COc1ccc(Cl)c2cccnc12)Nc1ccc2[nH]c(=O)[nH]c2c1. The van der Waals surface area contributed by atoms with Crippen LogP contribution in [0.2, 0.25) is 5.02 Å². The Bertz CT molecular complexity index is 1180. The van der Waals surface area contributed by atoms with Gasteiger partial charge in [-0.3, -0.25) is 9.78 Å². The lowest BCUT2D eigenvalue weighted by Crippen LogP contribution is -2.20. The first-order valence-corrected chi connectivity index (χ1v) is 8.16. The van der Waals surface area contributed by atoms with Gasteiger partial charge in [-0.05, 0) is 42.5 Å². The van der Waals surface area contributed by atoms with Gasteiger partial charge in [0.15, 0.2) is 6.61 Å². The molecule has 0 aliphatic carbocycles. The molecule has 26 heavy (non-hydrogen) atoms. The van der Waals surface area contributed by atoms with Crippen LogP contribution in [0.15, 0.2) is 53.5 Å². The Labute approximate surface area is 152 Å². The molecule has 4 rings (SSSR count). The van der Waals surface area contributed by atoms with Crippen LogP contribution in [0.4, 0.5) is 5.69 Å². The minimum absolute atomic E-state index is 0.186. The lowest BCUT2D eigenvalue weighted by molar-refractivity contribution is -0.118.